The molecule has 1 aromatic heterocycles. The second-order valence-electron chi connectivity index (χ2n) is 4.54. The molecule has 3 rings (SSSR count). The Hall–Kier alpha value is -2.05. The highest BCUT2D eigenvalue weighted by Crippen LogP contribution is 2.39. The summed E-state index contributed by atoms with van der Waals surface area (Å²) in [6.45, 7) is 2.44. The highest BCUT2D eigenvalue weighted by atomic mass is 32.2. The van der Waals surface area contributed by atoms with Gasteiger partial charge in [-0.2, -0.15) is 0 Å². The third-order valence-corrected chi connectivity index (χ3v) is 4.41. The Morgan fingerprint density at radius 1 is 1.32 bits per heavy atom. The van der Waals surface area contributed by atoms with Gasteiger partial charge < -0.3 is 9.72 Å². The van der Waals surface area contributed by atoms with Crippen molar-refractivity contribution < 1.29 is 9.53 Å². The fourth-order valence-electron chi connectivity index (χ4n) is 2.17. The van der Waals surface area contributed by atoms with E-state index in [-0.39, 0.29) is 5.91 Å². The summed E-state index contributed by atoms with van der Waals surface area (Å²) in [4.78, 5) is 17.9. The highest BCUT2D eigenvalue weighted by Gasteiger charge is 2.34. The molecule has 4 nitrogen and oxygen atoms in total. The summed E-state index contributed by atoms with van der Waals surface area (Å²) in [5.74, 6) is 0.527. The molecule has 1 saturated heterocycles. The Morgan fingerprint density at radius 3 is 2.86 bits per heavy atom. The molecule has 1 amide bonds. The Balaban J connectivity index is 1.96. The Bertz CT molecular complexity index is 738. The van der Waals surface area contributed by atoms with Crippen LogP contribution < -0.4 is 9.64 Å². The number of amides is 1. The minimum absolute atomic E-state index is 0.128. The molecule has 0 spiro atoms. The van der Waals surface area contributed by atoms with Gasteiger partial charge in [0.25, 0.3) is 5.91 Å². The molecule has 1 aliphatic rings. The average Bonchev–Trinajstić information content (AvgIpc) is 3.10. The molecule has 0 aliphatic carbocycles. The summed E-state index contributed by atoms with van der Waals surface area (Å²) < 4.78 is 6.11. The van der Waals surface area contributed by atoms with Crippen LogP contribution in [0.15, 0.2) is 47.5 Å². The van der Waals surface area contributed by atoms with Crippen LogP contribution in [-0.4, -0.2) is 21.8 Å². The number of carbonyl (C=O) groups is 1. The van der Waals surface area contributed by atoms with Crippen LogP contribution in [0.1, 0.15) is 12.6 Å². The first kappa shape index (κ1) is 14.9. The number of ether oxygens (including phenoxy) is 1. The van der Waals surface area contributed by atoms with E-state index in [1.807, 2.05) is 55.6 Å². The van der Waals surface area contributed by atoms with E-state index >= 15 is 0 Å². The number of thioether (sulfide) groups is 1. The fourth-order valence-corrected chi connectivity index (χ4v) is 3.45. The van der Waals surface area contributed by atoms with E-state index in [2.05, 4.69) is 4.98 Å². The van der Waals surface area contributed by atoms with E-state index in [9.17, 15) is 4.79 Å². The van der Waals surface area contributed by atoms with Gasteiger partial charge in [-0.05, 0) is 37.3 Å². The topological polar surface area (TPSA) is 45.3 Å². The van der Waals surface area contributed by atoms with Crippen LogP contribution in [-0.2, 0) is 4.79 Å². The molecule has 0 unspecified atom stereocenters. The molecular weight excluding hydrogens is 316 g/mol. The lowest BCUT2D eigenvalue weighted by atomic mass is 10.2. The number of H-pyrrole nitrogens is 1. The van der Waals surface area contributed by atoms with E-state index in [0.717, 1.165) is 5.69 Å². The zero-order valence-corrected chi connectivity index (χ0v) is 13.5. The molecule has 0 atom stereocenters. The lowest BCUT2D eigenvalue weighted by Gasteiger charge is -2.18. The molecule has 0 saturated carbocycles. The number of hydrogen-bond donors (Lipinski definition) is 1. The minimum Gasteiger partial charge on any atom is -0.492 e. The largest absolute Gasteiger partial charge is 0.492 e. The van der Waals surface area contributed by atoms with Crippen LogP contribution in [0.25, 0.3) is 6.08 Å². The van der Waals surface area contributed by atoms with Gasteiger partial charge in [-0.1, -0.05) is 36.1 Å². The molecule has 1 fully saturated rings. The zero-order valence-electron chi connectivity index (χ0n) is 11.9. The van der Waals surface area contributed by atoms with Crippen molar-refractivity contribution in [3.8, 4) is 5.75 Å². The van der Waals surface area contributed by atoms with Crippen molar-refractivity contribution in [3.63, 3.8) is 0 Å². The Morgan fingerprint density at radius 2 is 2.14 bits per heavy atom. The SMILES string of the molecule is CCOc1ccccc1N1C(=O)C(=Cc2ccc[nH]2)SC1=S. The van der Waals surface area contributed by atoms with E-state index < -0.39 is 0 Å². The maximum absolute atomic E-state index is 12.7. The molecule has 0 radical (unpaired) electrons. The van der Waals surface area contributed by atoms with Crippen LogP contribution in [0.5, 0.6) is 5.75 Å². The number of nitrogens with zero attached hydrogens (tertiary/aromatic N) is 1. The van der Waals surface area contributed by atoms with Crippen molar-refractivity contribution in [2.75, 3.05) is 11.5 Å². The summed E-state index contributed by atoms with van der Waals surface area (Å²) in [5.41, 5.74) is 1.56. The molecule has 6 heteroatoms. The number of benzene rings is 1. The first-order chi connectivity index (χ1) is 10.7. The number of aromatic amines is 1. The summed E-state index contributed by atoms with van der Waals surface area (Å²) >= 11 is 6.67. The van der Waals surface area contributed by atoms with Crippen LogP contribution in [0.4, 0.5) is 5.69 Å². The number of aromatic nitrogens is 1. The molecule has 1 aromatic carbocycles. The van der Waals surface area contributed by atoms with Gasteiger partial charge >= 0.3 is 0 Å². The number of nitrogens with one attached hydrogen (secondary N) is 1. The summed E-state index contributed by atoms with van der Waals surface area (Å²) in [7, 11) is 0. The maximum Gasteiger partial charge on any atom is 0.270 e. The van der Waals surface area contributed by atoms with Crippen LogP contribution in [0.3, 0.4) is 0 Å². The molecule has 2 heterocycles. The monoisotopic (exact) mass is 330 g/mol. The normalized spacial score (nSPS) is 16.6. The number of rotatable bonds is 4. The molecule has 1 aliphatic heterocycles. The fraction of sp³-hybridized carbons (Fsp3) is 0.125. The smallest absolute Gasteiger partial charge is 0.270 e. The Labute approximate surface area is 138 Å². The first-order valence-electron chi connectivity index (χ1n) is 6.84. The van der Waals surface area contributed by atoms with Crippen molar-refractivity contribution in [1.82, 2.24) is 4.98 Å². The maximum atomic E-state index is 12.7. The molecule has 0 bridgehead atoms. The third kappa shape index (κ3) is 2.80. The minimum atomic E-state index is -0.128. The van der Waals surface area contributed by atoms with Crippen molar-refractivity contribution in [1.29, 1.82) is 0 Å². The second kappa shape index (κ2) is 6.37. The van der Waals surface area contributed by atoms with Gasteiger partial charge in [0, 0.05) is 11.9 Å². The number of thiocarbonyl (C=S) groups is 1. The van der Waals surface area contributed by atoms with Gasteiger partial charge in [-0.25, -0.2) is 0 Å². The predicted octanol–water partition coefficient (Wildman–Crippen LogP) is 3.82. The van der Waals surface area contributed by atoms with Crippen LogP contribution in [0.2, 0.25) is 0 Å². The van der Waals surface area contributed by atoms with Crippen LogP contribution >= 0.6 is 24.0 Å². The molecular formula is C16H14N2O2S2. The average molecular weight is 330 g/mol. The predicted molar refractivity (Wildman–Crippen MR) is 94.1 cm³/mol. The van der Waals surface area contributed by atoms with E-state index in [4.69, 9.17) is 17.0 Å². The van der Waals surface area contributed by atoms with Crippen molar-refractivity contribution in [3.05, 3.63) is 53.2 Å². The van der Waals surface area contributed by atoms with Gasteiger partial charge in [0.05, 0.1) is 17.2 Å². The van der Waals surface area contributed by atoms with Crippen molar-refractivity contribution in [2.45, 2.75) is 6.92 Å². The molecule has 112 valence electrons. The number of carbonyl (C=O) groups excluding carboxylic acids is 1. The van der Waals surface area contributed by atoms with Gasteiger partial charge in [0.2, 0.25) is 0 Å². The lowest BCUT2D eigenvalue weighted by molar-refractivity contribution is -0.113. The van der Waals surface area contributed by atoms with E-state index in [1.54, 1.807) is 0 Å². The van der Waals surface area contributed by atoms with Crippen molar-refractivity contribution in [2.24, 2.45) is 0 Å². The van der Waals surface area contributed by atoms with E-state index in [1.165, 1.54) is 16.7 Å². The zero-order chi connectivity index (χ0) is 15.5. The molecule has 22 heavy (non-hydrogen) atoms. The van der Waals surface area contributed by atoms with Crippen molar-refractivity contribution >= 4 is 46.0 Å². The highest BCUT2D eigenvalue weighted by molar-refractivity contribution is 8.27. The number of hydrogen-bond acceptors (Lipinski definition) is 4. The molecule has 2 aromatic rings. The van der Waals surface area contributed by atoms with Gasteiger partial charge in [-0.3, -0.25) is 9.69 Å². The second-order valence-corrected chi connectivity index (χ2v) is 6.22. The molecule has 1 N–H and O–H groups in total. The van der Waals surface area contributed by atoms with Crippen LogP contribution in [0, 0.1) is 0 Å². The van der Waals surface area contributed by atoms with Gasteiger partial charge in [-0.15, -0.1) is 0 Å². The van der Waals surface area contributed by atoms with E-state index in [0.29, 0.717) is 27.3 Å². The summed E-state index contributed by atoms with van der Waals surface area (Å²) in [6.07, 6.45) is 3.62. The quantitative estimate of drug-likeness (QED) is 0.684. The standard InChI is InChI=1S/C16H14N2O2S2/c1-2-20-13-8-4-3-7-12(13)18-15(19)14(22-16(18)21)10-11-6-5-9-17-11/h3-10,17H,2H2,1H3. The number of anilines is 1. The van der Waals surface area contributed by atoms with Gasteiger partial charge in [0.15, 0.2) is 4.32 Å². The third-order valence-electron chi connectivity index (χ3n) is 3.11. The summed E-state index contributed by atoms with van der Waals surface area (Å²) in [6, 6.07) is 11.2. The Kier molecular flexibility index (Phi) is 4.31. The summed E-state index contributed by atoms with van der Waals surface area (Å²) in [5, 5.41) is 0. The first-order valence-corrected chi connectivity index (χ1v) is 8.06. The lowest BCUT2D eigenvalue weighted by Crippen LogP contribution is -2.28. The van der Waals surface area contributed by atoms with Gasteiger partial charge in [0.1, 0.15) is 5.75 Å². The number of para-hydroxylation sites is 2.